The molecule has 1 aromatic carbocycles. The van der Waals surface area contributed by atoms with E-state index in [0.717, 1.165) is 5.69 Å². The molecule has 88 valence electrons. The number of aromatic hydroxyl groups is 1. The van der Waals surface area contributed by atoms with Gasteiger partial charge >= 0.3 is 6.03 Å². The number of carbonyl (C=O) groups is 1. The summed E-state index contributed by atoms with van der Waals surface area (Å²) in [7, 11) is 1.73. The van der Waals surface area contributed by atoms with Crippen LogP contribution in [0.5, 0.6) is 5.75 Å². The first-order chi connectivity index (χ1) is 7.60. The molecule has 0 saturated carbocycles. The minimum absolute atomic E-state index is 0.0318. The summed E-state index contributed by atoms with van der Waals surface area (Å²) in [6.07, 6.45) is 0. The summed E-state index contributed by atoms with van der Waals surface area (Å²) < 4.78 is 0. The number of carbonyl (C=O) groups excluding carboxylic acids is 1. The van der Waals surface area contributed by atoms with Crippen LogP contribution in [0.25, 0.3) is 0 Å². The van der Waals surface area contributed by atoms with E-state index in [2.05, 4.69) is 0 Å². The number of rotatable bonds is 3. The standard InChI is InChI=1S/C12H18N2O2/c1-4-14(5-2)12(16)13(3)10-6-8-11(15)9-7-10/h6-9,15H,4-5H2,1-3H3. The smallest absolute Gasteiger partial charge is 0.324 e. The average molecular weight is 222 g/mol. The lowest BCUT2D eigenvalue weighted by Crippen LogP contribution is -2.41. The summed E-state index contributed by atoms with van der Waals surface area (Å²) >= 11 is 0. The van der Waals surface area contributed by atoms with Crippen molar-refractivity contribution in [1.29, 1.82) is 0 Å². The summed E-state index contributed by atoms with van der Waals surface area (Å²) in [6.45, 7) is 5.29. The van der Waals surface area contributed by atoms with Crippen LogP contribution in [0.3, 0.4) is 0 Å². The number of benzene rings is 1. The molecule has 0 aliphatic carbocycles. The Labute approximate surface area is 96.1 Å². The molecule has 0 aromatic heterocycles. The zero-order valence-corrected chi connectivity index (χ0v) is 9.97. The Hall–Kier alpha value is -1.71. The van der Waals surface area contributed by atoms with Gasteiger partial charge in [-0.2, -0.15) is 0 Å². The highest BCUT2D eigenvalue weighted by Crippen LogP contribution is 2.18. The topological polar surface area (TPSA) is 43.8 Å². The fraction of sp³-hybridized carbons (Fsp3) is 0.417. The molecule has 0 bridgehead atoms. The Bertz CT molecular complexity index is 345. The van der Waals surface area contributed by atoms with Crippen LogP contribution in [0.1, 0.15) is 13.8 Å². The van der Waals surface area contributed by atoms with Gasteiger partial charge < -0.3 is 10.0 Å². The molecule has 4 nitrogen and oxygen atoms in total. The van der Waals surface area contributed by atoms with Crippen LogP contribution in [-0.4, -0.2) is 36.2 Å². The third-order valence-corrected chi connectivity index (χ3v) is 2.56. The maximum Gasteiger partial charge on any atom is 0.324 e. The summed E-state index contributed by atoms with van der Waals surface area (Å²) in [5, 5.41) is 9.16. The van der Waals surface area contributed by atoms with Gasteiger partial charge in [0.2, 0.25) is 0 Å². The third-order valence-electron chi connectivity index (χ3n) is 2.56. The Kier molecular flexibility index (Phi) is 4.17. The maximum atomic E-state index is 12.0. The van der Waals surface area contributed by atoms with E-state index in [4.69, 9.17) is 5.11 Å². The van der Waals surface area contributed by atoms with Crippen LogP contribution in [0.2, 0.25) is 0 Å². The molecule has 2 amide bonds. The molecule has 0 aliphatic rings. The highest BCUT2D eigenvalue weighted by molar-refractivity contribution is 5.91. The summed E-state index contributed by atoms with van der Waals surface area (Å²) in [5.74, 6) is 0.201. The number of nitrogens with zero attached hydrogens (tertiary/aromatic N) is 2. The summed E-state index contributed by atoms with van der Waals surface area (Å²) in [4.78, 5) is 15.3. The lowest BCUT2D eigenvalue weighted by Gasteiger charge is -2.26. The predicted octanol–water partition coefficient (Wildman–Crippen LogP) is 2.29. The molecule has 0 aliphatic heterocycles. The van der Waals surface area contributed by atoms with Gasteiger partial charge in [-0.3, -0.25) is 4.90 Å². The molecular formula is C12H18N2O2. The Morgan fingerprint density at radius 2 is 1.69 bits per heavy atom. The van der Waals surface area contributed by atoms with Crippen molar-refractivity contribution >= 4 is 11.7 Å². The third kappa shape index (κ3) is 2.66. The molecule has 1 rings (SSSR count). The van der Waals surface area contributed by atoms with Crippen molar-refractivity contribution in [1.82, 2.24) is 4.90 Å². The van der Waals surface area contributed by atoms with Gasteiger partial charge in [-0.1, -0.05) is 0 Å². The van der Waals surface area contributed by atoms with Crippen LogP contribution in [0.4, 0.5) is 10.5 Å². The fourth-order valence-electron chi connectivity index (χ4n) is 1.49. The lowest BCUT2D eigenvalue weighted by atomic mass is 10.3. The van der Waals surface area contributed by atoms with E-state index in [9.17, 15) is 4.79 Å². The van der Waals surface area contributed by atoms with Gasteiger partial charge in [0.1, 0.15) is 5.75 Å². The van der Waals surface area contributed by atoms with Gasteiger partial charge in [0.05, 0.1) is 0 Å². The summed E-state index contributed by atoms with van der Waals surface area (Å²) in [6, 6.07) is 6.55. The van der Waals surface area contributed by atoms with E-state index in [-0.39, 0.29) is 11.8 Å². The van der Waals surface area contributed by atoms with Gasteiger partial charge in [0.15, 0.2) is 0 Å². The second-order valence-corrected chi connectivity index (χ2v) is 3.53. The number of phenols is 1. The molecule has 0 radical (unpaired) electrons. The van der Waals surface area contributed by atoms with E-state index in [1.54, 1.807) is 41.1 Å². The molecule has 0 spiro atoms. The number of phenolic OH excluding ortho intramolecular Hbond substituents is 1. The van der Waals surface area contributed by atoms with E-state index in [0.29, 0.717) is 13.1 Å². The molecule has 0 atom stereocenters. The Morgan fingerprint density at radius 1 is 1.19 bits per heavy atom. The van der Waals surface area contributed by atoms with E-state index in [1.807, 2.05) is 13.8 Å². The zero-order valence-electron chi connectivity index (χ0n) is 9.97. The molecule has 4 heteroatoms. The van der Waals surface area contributed by atoms with Crippen molar-refractivity contribution in [2.75, 3.05) is 25.0 Å². The van der Waals surface area contributed by atoms with E-state index in [1.165, 1.54) is 0 Å². The van der Waals surface area contributed by atoms with Crippen molar-refractivity contribution in [3.8, 4) is 5.75 Å². The molecule has 16 heavy (non-hydrogen) atoms. The second-order valence-electron chi connectivity index (χ2n) is 3.53. The number of anilines is 1. The van der Waals surface area contributed by atoms with Crippen molar-refractivity contribution in [3.05, 3.63) is 24.3 Å². The van der Waals surface area contributed by atoms with Crippen LogP contribution >= 0.6 is 0 Å². The minimum Gasteiger partial charge on any atom is -0.508 e. The van der Waals surface area contributed by atoms with E-state index >= 15 is 0 Å². The van der Waals surface area contributed by atoms with Crippen LogP contribution in [0.15, 0.2) is 24.3 Å². The zero-order chi connectivity index (χ0) is 12.1. The molecule has 1 N–H and O–H groups in total. The summed E-state index contributed by atoms with van der Waals surface area (Å²) in [5.41, 5.74) is 0.773. The minimum atomic E-state index is -0.0318. The Morgan fingerprint density at radius 3 is 2.12 bits per heavy atom. The molecule has 0 saturated heterocycles. The number of hydrogen-bond donors (Lipinski definition) is 1. The number of amides is 2. The van der Waals surface area contributed by atoms with Gasteiger partial charge in [-0.25, -0.2) is 4.79 Å². The van der Waals surface area contributed by atoms with Crippen molar-refractivity contribution < 1.29 is 9.90 Å². The van der Waals surface area contributed by atoms with Crippen LogP contribution in [-0.2, 0) is 0 Å². The quantitative estimate of drug-likeness (QED) is 0.852. The average Bonchev–Trinajstić information content (AvgIpc) is 2.30. The molecule has 0 unspecified atom stereocenters. The first kappa shape index (κ1) is 12.4. The lowest BCUT2D eigenvalue weighted by molar-refractivity contribution is 0.211. The van der Waals surface area contributed by atoms with Gasteiger partial charge in [-0.15, -0.1) is 0 Å². The van der Waals surface area contributed by atoms with Gasteiger partial charge in [0.25, 0.3) is 0 Å². The SMILES string of the molecule is CCN(CC)C(=O)N(C)c1ccc(O)cc1. The Balaban J connectivity index is 2.81. The molecular weight excluding hydrogens is 204 g/mol. The van der Waals surface area contributed by atoms with Crippen molar-refractivity contribution in [2.24, 2.45) is 0 Å². The number of hydrogen-bond acceptors (Lipinski definition) is 2. The van der Waals surface area contributed by atoms with Crippen molar-refractivity contribution in [3.63, 3.8) is 0 Å². The van der Waals surface area contributed by atoms with Crippen molar-refractivity contribution in [2.45, 2.75) is 13.8 Å². The van der Waals surface area contributed by atoms with E-state index < -0.39 is 0 Å². The van der Waals surface area contributed by atoms with Gasteiger partial charge in [-0.05, 0) is 38.1 Å². The number of urea groups is 1. The molecule has 0 fully saturated rings. The molecule has 1 aromatic rings. The van der Waals surface area contributed by atoms with Crippen LogP contribution < -0.4 is 4.90 Å². The maximum absolute atomic E-state index is 12.0. The second kappa shape index (κ2) is 5.39. The fourth-order valence-corrected chi connectivity index (χ4v) is 1.49. The highest BCUT2D eigenvalue weighted by Gasteiger charge is 2.15. The molecule has 0 heterocycles. The first-order valence-electron chi connectivity index (χ1n) is 5.41. The first-order valence-corrected chi connectivity index (χ1v) is 5.41. The predicted molar refractivity (Wildman–Crippen MR) is 64.8 cm³/mol. The normalized spacial score (nSPS) is 9.94. The van der Waals surface area contributed by atoms with Gasteiger partial charge in [0, 0.05) is 25.8 Å². The largest absolute Gasteiger partial charge is 0.508 e. The van der Waals surface area contributed by atoms with Crippen LogP contribution in [0, 0.1) is 0 Å². The highest BCUT2D eigenvalue weighted by atomic mass is 16.3. The monoisotopic (exact) mass is 222 g/mol.